The summed E-state index contributed by atoms with van der Waals surface area (Å²) in [6, 6.07) is 5.81. The number of likely N-dealkylation sites (N-methyl/N-ethyl adjacent to an activating group) is 1. The number of carboxylic acids is 1. The lowest BCUT2D eigenvalue weighted by Crippen LogP contribution is -2.44. The zero-order valence-electron chi connectivity index (χ0n) is 19.6. The van der Waals surface area contributed by atoms with Gasteiger partial charge in [-0.1, -0.05) is 5.16 Å². The fraction of sp³-hybridized carbons (Fsp3) is 0.364. The number of piperazine rings is 1. The second kappa shape index (κ2) is 11.0. The van der Waals surface area contributed by atoms with Crippen LogP contribution in [0.5, 0.6) is 0 Å². The summed E-state index contributed by atoms with van der Waals surface area (Å²) in [5, 5.41) is 13.7. The van der Waals surface area contributed by atoms with Gasteiger partial charge in [0.25, 0.3) is 5.56 Å². The van der Waals surface area contributed by atoms with Crippen molar-refractivity contribution in [2.75, 3.05) is 38.1 Å². The summed E-state index contributed by atoms with van der Waals surface area (Å²) < 4.78 is 38.7. The zero-order chi connectivity index (χ0) is 26.6. The second-order valence-corrected chi connectivity index (χ2v) is 9.03. The number of halogens is 3. The van der Waals surface area contributed by atoms with Crippen molar-refractivity contribution >= 4 is 33.2 Å². The predicted octanol–water partition coefficient (Wildman–Crippen LogP) is 2.53. The Bertz CT molecular complexity index is 1430. The number of aryl methyl sites for hydroxylation is 2. The Hall–Kier alpha value is -3.85. The number of thiophene rings is 1. The van der Waals surface area contributed by atoms with E-state index >= 15 is 0 Å². The van der Waals surface area contributed by atoms with Crippen LogP contribution in [0.25, 0.3) is 21.7 Å². The van der Waals surface area contributed by atoms with Crippen LogP contribution in [0.4, 0.5) is 18.9 Å². The summed E-state index contributed by atoms with van der Waals surface area (Å²) in [4.78, 5) is 40.0. The Labute approximate surface area is 211 Å². The van der Waals surface area contributed by atoms with Crippen LogP contribution in [0.15, 0.2) is 45.4 Å². The molecule has 1 saturated heterocycles. The van der Waals surface area contributed by atoms with Gasteiger partial charge in [0.1, 0.15) is 10.5 Å². The molecule has 0 radical (unpaired) electrons. The van der Waals surface area contributed by atoms with Crippen LogP contribution in [-0.4, -0.2) is 80.1 Å². The van der Waals surface area contributed by atoms with Gasteiger partial charge in [0.05, 0.1) is 11.7 Å². The lowest BCUT2D eigenvalue weighted by Gasteiger charge is -2.34. The van der Waals surface area contributed by atoms with E-state index in [9.17, 15) is 18.0 Å². The molecule has 0 unspecified atom stereocenters. The fourth-order valence-electron chi connectivity index (χ4n) is 3.53. The second-order valence-electron chi connectivity index (χ2n) is 8.14. The lowest BCUT2D eigenvalue weighted by atomic mass is 10.2. The highest BCUT2D eigenvalue weighted by Crippen LogP contribution is 2.22. The Morgan fingerprint density at radius 3 is 2.62 bits per heavy atom. The first kappa shape index (κ1) is 26.2. The average molecular weight is 538 g/mol. The summed E-state index contributed by atoms with van der Waals surface area (Å²) in [6.07, 6.45) is -1.29. The van der Waals surface area contributed by atoms with Gasteiger partial charge in [-0.25, -0.2) is 9.78 Å². The van der Waals surface area contributed by atoms with E-state index in [1.54, 1.807) is 23.2 Å². The van der Waals surface area contributed by atoms with E-state index < -0.39 is 12.1 Å². The molecule has 37 heavy (non-hydrogen) atoms. The van der Waals surface area contributed by atoms with E-state index in [0.717, 1.165) is 36.7 Å². The quantitative estimate of drug-likeness (QED) is 0.405. The normalized spacial score (nSPS) is 14.4. The van der Waals surface area contributed by atoms with Crippen LogP contribution >= 0.6 is 11.3 Å². The van der Waals surface area contributed by atoms with Crippen LogP contribution in [0.1, 0.15) is 5.89 Å². The molecule has 196 valence electrons. The van der Waals surface area contributed by atoms with Crippen LogP contribution in [-0.2, 0) is 17.8 Å². The van der Waals surface area contributed by atoms with Gasteiger partial charge >= 0.3 is 12.1 Å². The molecule has 0 bridgehead atoms. The van der Waals surface area contributed by atoms with E-state index in [2.05, 4.69) is 37.0 Å². The summed E-state index contributed by atoms with van der Waals surface area (Å²) in [5.74, 6) is -1.83. The number of rotatable bonds is 5. The highest BCUT2D eigenvalue weighted by atomic mass is 32.1. The molecule has 5 heterocycles. The average Bonchev–Trinajstić information content (AvgIpc) is 3.54. The molecule has 0 saturated carbocycles. The summed E-state index contributed by atoms with van der Waals surface area (Å²) in [5.41, 5.74) is 1.74. The molecular formula is C22H22F3N7O4S. The highest BCUT2D eigenvalue weighted by molar-refractivity contribution is 7.16. The van der Waals surface area contributed by atoms with E-state index in [1.807, 2.05) is 17.5 Å². The summed E-state index contributed by atoms with van der Waals surface area (Å²) in [7, 11) is 2.14. The first-order valence-corrected chi connectivity index (χ1v) is 11.9. The fourth-order valence-corrected chi connectivity index (χ4v) is 4.26. The molecule has 1 fully saturated rings. The Morgan fingerprint density at radius 2 is 1.92 bits per heavy atom. The number of fused-ring (bicyclic) bond motifs is 1. The van der Waals surface area contributed by atoms with Crippen molar-refractivity contribution in [3.05, 3.63) is 52.3 Å². The van der Waals surface area contributed by atoms with Crippen molar-refractivity contribution in [1.29, 1.82) is 0 Å². The third kappa shape index (κ3) is 6.48. The van der Waals surface area contributed by atoms with Gasteiger partial charge in [0.15, 0.2) is 0 Å². The van der Waals surface area contributed by atoms with Crippen molar-refractivity contribution in [3.63, 3.8) is 0 Å². The van der Waals surface area contributed by atoms with Crippen molar-refractivity contribution in [2.45, 2.75) is 19.1 Å². The third-order valence-corrected chi connectivity index (χ3v) is 6.39. The minimum absolute atomic E-state index is 0.0532. The predicted molar refractivity (Wildman–Crippen MR) is 129 cm³/mol. The Kier molecular flexibility index (Phi) is 7.83. The molecule has 0 aliphatic carbocycles. The van der Waals surface area contributed by atoms with Gasteiger partial charge in [0.2, 0.25) is 11.7 Å². The van der Waals surface area contributed by atoms with Gasteiger partial charge in [-0.05, 0) is 30.6 Å². The minimum Gasteiger partial charge on any atom is -0.475 e. The molecule has 5 rings (SSSR count). The standard InChI is InChI=1S/C20H21N7O2S.C2HF3O2/c1-25-7-9-26(10-8-25)14-2-5-21-16(12-14)18-23-17(29-24-18)3-6-27-13-22-19-15(20(27)28)4-11-30-19;3-2(4,5)1(6)7/h2,4-5,11-13H,3,6-10H2,1H3;(H,6,7). The summed E-state index contributed by atoms with van der Waals surface area (Å²) >= 11 is 1.46. The van der Waals surface area contributed by atoms with Crippen molar-refractivity contribution in [3.8, 4) is 11.5 Å². The van der Waals surface area contributed by atoms with E-state index in [-0.39, 0.29) is 5.56 Å². The molecule has 0 atom stereocenters. The smallest absolute Gasteiger partial charge is 0.475 e. The lowest BCUT2D eigenvalue weighted by molar-refractivity contribution is -0.192. The number of pyridine rings is 1. The molecule has 1 aliphatic heterocycles. The number of anilines is 1. The molecular weight excluding hydrogens is 515 g/mol. The maximum Gasteiger partial charge on any atom is 0.490 e. The van der Waals surface area contributed by atoms with Gasteiger partial charge < -0.3 is 19.4 Å². The monoisotopic (exact) mass is 537 g/mol. The van der Waals surface area contributed by atoms with Crippen LogP contribution < -0.4 is 10.5 Å². The molecule has 1 N–H and O–H groups in total. The number of carboxylic acid groups (broad SMARTS) is 1. The number of aliphatic carboxylic acids is 1. The number of nitrogens with zero attached hydrogens (tertiary/aromatic N) is 7. The van der Waals surface area contributed by atoms with Crippen LogP contribution in [0, 0.1) is 0 Å². The number of aromatic nitrogens is 5. The molecule has 15 heteroatoms. The van der Waals surface area contributed by atoms with Crippen LogP contribution in [0.3, 0.4) is 0 Å². The largest absolute Gasteiger partial charge is 0.490 e. The topological polar surface area (TPSA) is 130 Å². The number of hydrogen-bond donors (Lipinski definition) is 1. The number of carbonyl (C=O) groups is 1. The molecule has 4 aromatic heterocycles. The maximum atomic E-state index is 12.5. The minimum atomic E-state index is -5.08. The van der Waals surface area contributed by atoms with Gasteiger partial charge in [-0.15, -0.1) is 11.3 Å². The van der Waals surface area contributed by atoms with E-state index in [4.69, 9.17) is 14.4 Å². The molecule has 0 spiro atoms. The highest BCUT2D eigenvalue weighted by Gasteiger charge is 2.38. The number of alkyl halides is 3. The first-order chi connectivity index (χ1) is 17.6. The first-order valence-electron chi connectivity index (χ1n) is 11.1. The Balaban J connectivity index is 0.000000405. The SMILES string of the molecule is CN1CCN(c2ccnc(-c3noc(CCn4cnc5sccc5c4=O)n3)c2)CC1.O=C(O)C(F)(F)F. The number of hydrogen-bond acceptors (Lipinski definition) is 10. The summed E-state index contributed by atoms with van der Waals surface area (Å²) in [6.45, 7) is 4.46. The Morgan fingerprint density at radius 1 is 1.19 bits per heavy atom. The van der Waals surface area contributed by atoms with Gasteiger partial charge in [-0.3, -0.25) is 14.3 Å². The van der Waals surface area contributed by atoms with Crippen molar-refractivity contribution < 1.29 is 27.6 Å². The molecule has 0 amide bonds. The van der Waals surface area contributed by atoms with E-state index in [0.29, 0.717) is 35.8 Å². The van der Waals surface area contributed by atoms with Gasteiger partial charge in [-0.2, -0.15) is 18.2 Å². The maximum absolute atomic E-state index is 12.5. The van der Waals surface area contributed by atoms with Crippen molar-refractivity contribution in [1.82, 2.24) is 29.6 Å². The zero-order valence-corrected chi connectivity index (χ0v) is 20.4. The third-order valence-electron chi connectivity index (χ3n) is 5.57. The van der Waals surface area contributed by atoms with E-state index in [1.165, 1.54) is 11.3 Å². The molecule has 1 aliphatic rings. The molecule has 4 aromatic rings. The molecule has 11 nitrogen and oxygen atoms in total. The van der Waals surface area contributed by atoms with Crippen molar-refractivity contribution in [2.24, 2.45) is 0 Å². The van der Waals surface area contributed by atoms with Gasteiger partial charge in [0, 0.05) is 51.0 Å². The van der Waals surface area contributed by atoms with Crippen LogP contribution in [0.2, 0.25) is 0 Å². The molecule has 0 aromatic carbocycles.